The highest BCUT2D eigenvalue weighted by molar-refractivity contribution is 5.81. The molecule has 0 saturated heterocycles. The van der Waals surface area contributed by atoms with Gasteiger partial charge in [0.05, 0.1) is 19.8 Å². The van der Waals surface area contributed by atoms with Crippen molar-refractivity contribution >= 4 is 11.6 Å². The molecule has 0 heterocycles. The Balaban J connectivity index is 1.41. The van der Waals surface area contributed by atoms with Crippen molar-refractivity contribution in [1.29, 1.82) is 0 Å². The zero-order valence-electron chi connectivity index (χ0n) is 16.9. The van der Waals surface area contributed by atoms with Crippen LogP contribution in [-0.2, 0) is 29.3 Å². The third-order valence-electron chi connectivity index (χ3n) is 4.73. The van der Waals surface area contributed by atoms with Crippen LogP contribution in [0.5, 0.6) is 0 Å². The molecule has 0 aliphatic heterocycles. The van der Waals surface area contributed by atoms with E-state index in [4.69, 9.17) is 4.74 Å². The van der Waals surface area contributed by atoms with Crippen molar-refractivity contribution in [2.24, 2.45) is 0 Å². The molecule has 0 atom stereocenters. The Morgan fingerprint density at radius 2 is 1.34 bits per heavy atom. The predicted octanol–water partition coefficient (Wildman–Crippen LogP) is 4.55. The molecule has 0 aliphatic rings. The van der Waals surface area contributed by atoms with Crippen molar-refractivity contribution in [2.75, 3.05) is 18.0 Å². The van der Waals surface area contributed by atoms with Gasteiger partial charge in [0.25, 0.3) is 0 Å². The van der Waals surface area contributed by atoms with E-state index in [2.05, 4.69) is 41.4 Å². The van der Waals surface area contributed by atoms with E-state index in [9.17, 15) is 4.79 Å². The maximum Gasteiger partial charge on any atom is 0.239 e. The monoisotopic (exact) mass is 388 g/mol. The number of para-hydroxylation sites is 1. The van der Waals surface area contributed by atoms with Gasteiger partial charge in [0, 0.05) is 18.8 Å². The van der Waals surface area contributed by atoms with Crippen LogP contribution < -0.4 is 10.2 Å². The van der Waals surface area contributed by atoms with Crippen LogP contribution in [0.2, 0.25) is 0 Å². The molecule has 0 spiro atoms. The minimum Gasteiger partial charge on any atom is -0.372 e. The van der Waals surface area contributed by atoms with Crippen LogP contribution >= 0.6 is 0 Å². The van der Waals surface area contributed by atoms with E-state index in [1.807, 2.05) is 60.7 Å². The number of amides is 1. The molecule has 0 fully saturated rings. The third kappa shape index (κ3) is 6.77. The lowest BCUT2D eigenvalue weighted by atomic mass is 10.1. The second-order valence-corrected chi connectivity index (χ2v) is 6.92. The highest BCUT2D eigenvalue weighted by Gasteiger charge is 2.09. The number of likely N-dealkylation sites (N-methyl/N-ethyl adjacent to an activating group) is 1. The normalized spacial score (nSPS) is 10.5. The van der Waals surface area contributed by atoms with Crippen LogP contribution in [0.15, 0.2) is 84.9 Å². The Bertz CT molecular complexity index is 864. The first-order valence-corrected chi connectivity index (χ1v) is 10.0. The number of nitrogens with one attached hydrogen (secondary N) is 1. The number of carbonyl (C=O) groups excluding carboxylic acids is 1. The summed E-state index contributed by atoms with van der Waals surface area (Å²) in [5.41, 5.74) is 4.43. The van der Waals surface area contributed by atoms with Crippen LogP contribution in [0.4, 0.5) is 5.69 Å². The van der Waals surface area contributed by atoms with E-state index in [-0.39, 0.29) is 5.91 Å². The summed E-state index contributed by atoms with van der Waals surface area (Å²) in [4.78, 5) is 14.4. The largest absolute Gasteiger partial charge is 0.372 e. The van der Waals surface area contributed by atoms with E-state index in [0.717, 1.165) is 23.4 Å². The highest BCUT2D eigenvalue weighted by Crippen LogP contribution is 2.12. The second kappa shape index (κ2) is 11.0. The molecule has 4 heteroatoms. The summed E-state index contributed by atoms with van der Waals surface area (Å²) in [5.74, 6) is 0.0194. The van der Waals surface area contributed by atoms with Crippen LogP contribution in [0.1, 0.15) is 23.6 Å². The van der Waals surface area contributed by atoms with Crippen LogP contribution in [0.25, 0.3) is 0 Å². The summed E-state index contributed by atoms with van der Waals surface area (Å²) in [6.07, 6.45) is 0. The lowest BCUT2D eigenvalue weighted by molar-refractivity contribution is -0.119. The molecule has 0 unspecified atom stereocenters. The van der Waals surface area contributed by atoms with Gasteiger partial charge in [-0.2, -0.15) is 0 Å². The lowest BCUT2D eigenvalue weighted by Crippen LogP contribution is -2.36. The Hall–Kier alpha value is -3.11. The fourth-order valence-corrected chi connectivity index (χ4v) is 3.07. The summed E-state index contributed by atoms with van der Waals surface area (Å²) in [6, 6.07) is 28.3. The lowest BCUT2D eigenvalue weighted by Gasteiger charge is -2.22. The van der Waals surface area contributed by atoms with Crippen LogP contribution in [0, 0.1) is 0 Å². The molecular formula is C25H28N2O2. The molecule has 4 nitrogen and oxygen atoms in total. The number of anilines is 1. The quantitative estimate of drug-likeness (QED) is 0.554. The predicted molar refractivity (Wildman–Crippen MR) is 118 cm³/mol. The van der Waals surface area contributed by atoms with Crippen molar-refractivity contribution in [1.82, 2.24) is 5.32 Å². The first-order chi connectivity index (χ1) is 14.2. The van der Waals surface area contributed by atoms with E-state index >= 15 is 0 Å². The summed E-state index contributed by atoms with van der Waals surface area (Å²) >= 11 is 0. The number of rotatable bonds is 10. The van der Waals surface area contributed by atoms with Gasteiger partial charge in [-0.1, -0.05) is 72.8 Å². The highest BCUT2D eigenvalue weighted by atomic mass is 16.5. The number of hydrogen-bond donors (Lipinski definition) is 1. The van der Waals surface area contributed by atoms with Gasteiger partial charge in [-0.15, -0.1) is 0 Å². The van der Waals surface area contributed by atoms with Gasteiger partial charge in [-0.3, -0.25) is 4.79 Å². The van der Waals surface area contributed by atoms with Gasteiger partial charge in [0.2, 0.25) is 5.91 Å². The molecule has 150 valence electrons. The molecule has 0 radical (unpaired) electrons. The Kier molecular flexibility index (Phi) is 7.84. The Morgan fingerprint density at radius 3 is 1.97 bits per heavy atom. The van der Waals surface area contributed by atoms with E-state index in [1.165, 1.54) is 5.56 Å². The number of ether oxygens (including phenoxy) is 1. The summed E-state index contributed by atoms with van der Waals surface area (Å²) in [7, 11) is 0. The first-order valence-electron chi connectivity index (χ1n) is 10.0. The maximum atomic E-state index is 12.3. The van der Waals surface area contributed by atoms with E-state index in [0.29, 0.717) is 26.3 Å². The van der Waals surface area contributed by atoms with Gasteiger partial charge >= 0.3 is 0 Å². The first kappa shape index (κ1) is 20.6. The number of benzene rings is 3. The third-order valence-corrected chi connectivity index (χ3v) is 4.73. The molecule has 3 rings (SSSR count). The fraction of sp³-hybridized carbons (Fsp3) is 0.240. The van der Waals surface area contributed by atoms with Crippen LogP contribution in [-0.4, -0.2) is 19.0 Å². The molecule has 0 aliphatic carbocycles. The second-order valence-electron chi connectivity index (χ2n) is 6.92. The van der Waals surface area contributed by atoms with Crippen molar-refractivity contribution in [3.8, 4) is 0 Å². The average molecular weight is 389 g/mol. The zero-order chi connectivity index (χ0) is 20.3. The molecule has 1 N–H and O–H groups in total. The van der Waals surface area contributed by atoms with E-state index < -0.39 is 0 Å². The number of hydrogen-bond acceptors (Lipinski definition) is 3. The van der Waals surface area contributed by atoms with Gasteiger partial charge in [0.15, 0.2) is 0 Å². The summed E-state index contributed by atoms with van der Waals surface area (Å²) < 4.78 is 5.77. The van der Waals surface area contributed by atoms with Gasteiger partial charge < -0.3 is 15.0 Å². The summed E-state index contributed by atoms with van der Waals surface area (Å²) in [6.45, 7) is 4.90. The fourth-order valence-electron chi connectivity index (χ4n) is 3.07. The molecule has 1 amide bonds. The van der Waals surface area contributed by atoms with Crippen molar-refractivity contribution < 1.29 is 9.53 Å². The molecular weight excluding hydrogens is 360 g/mol. The SMILES string of the molecule is CCN(CC(=O)NCc1ccc(COCc2ccccc2)cc1)c1ccccc1. The van der Waals surface area contributed by atoms with Crippen molar-refractivity contribution in [3.63, 3.8) is 0 Å². The van der Waals surface area contributed by atoms with E-state index in [1.54, 1.807) is 0 Å². The maximum absolute atomic E-state index is 12.3. The smallest absolute Gasteiger partial charge is 0.239 e. The average Bonchev–Trinajstić information content (AvgIpc) is 2.78. The minimum atomic E-state index is 0.0194. The van der Waals surface area contributed by atoms with Gasteiger partial charge in [-0.05, 0) is 35.7 Å². The molecule has 0 aromatic heterocycles. The molecule has 0 bridgehead atoms. The van der Waals surface area contributed by atoms with Gasteiger partial charge in [-0.25, -0.2) is 0 Å². The Labute approximate surface area is 173 Å². The topological polar surface area (TPSA) is 41.6 Å². The molecule has 3 aromatic carbocycles. The zero-order valence-corrected chi connectivity index (χ0v) is 16.9. The molecule has 3 aromatic rings. The van der Waals surface area contributed by atoms with Crippen LogP contribution in [0.3, 0.4) is 0 Å². The number of carbonyl (C=O) groups is 1. The number of nitrogens with zero attached hydrogens (tertiary/aromatic N) is 1. The molecule has 0 saturated carbocycles. The van der Waals surface area contributed by atoms with Crippen molar-refractivity contribution in [2.45, 2.75) is 26.7 Å². The van der Waals surface area contributed by atoms with Crippen molar-refractivity contribution in [3.05, 3.63) is 102 Å². The minimum absolute atomic E-state index is 0.0194. The standard InChI is InChI=1S/C25H28N2O2/c1-2-27(24-11-7-4-8-12-24)18-25(28)26-17-21-13-15-23(16-14-21)20-29-19-22-9-5-3-6-10-22/h3-16H,2,17-20H2,1H3,(H,26,28). The molecule has 29 heavy (non-hydrogen) atoms. The van der Waals surface area contributed by atoms with Gasteiger partial charge in [0.1, 0.15) is 0 Å². The Morgan fingerprint density at radius 1 is 0.793 bits per heavy atom. The summed E-state index contributed by atoms with van der Waals surface area (Å²) in [5, 5.41) is 3.01.